The summed E-state index contributed by atoms with van der Waals surface area (Å²) in [6, 6.07) is 3.01. The van der Waals surface area contributed by atoms with Crippen LogP contribution in [-0.4, -0.2) is 42.8 Å². The number of benzene rings is 1. The number of piperidine rings is 1. The predicted molar refractivity (Wildman–Crippen MR) is 114 cm³/mol. The molecule has 29 heavy (non-hydrogen) atoms. The zero-order valence-corrected chi connectivity index (χ0v) is 17.3. The molecular formula is C21H28ClFN4O2. The van der Waals surface area contributed by atoms with Crippen LogP contribution in [0.3, 0.4) is 0 Å². The van der Waals surface area contributed by atoms with Crippen LogP contribution in [0.15, 0.2) is 16.9 Å². The molecule has 3 heterocycles. The lowest BCUT2D eigenvalue weighted by Gasteiger charge is -2.52. The summed E-state index contributed by atoms with van der Waals surface area (Å²) < 4.78 is 20.4. The second-order valence-electron chi connectivity index (χ2n) is 8.76. The average molecular weight is 423 g/mol. The van der Waals surface area contributed by atoms with Gasteiger partial charge in [0, 0.05) is 30.6 Å². The molecule has 2 aromatic rings. The number of aromatic amines is 1. The Kier molecular flexibility index (Phi) is 5.71. The molecule has 0 unspecified atom stereocenters. The number of ether oxygens (including phenoxy) is 1. The van der Waals surface area contributed by atoms with Crippen molar-refractivity contribution in [1.29, 1.82) is 0 Å². The average Bonchev–Trinajstić information content (AvgIpc) is 3.18. The minimum Gasteiger partial charge on any atom is -0.493 e. The molecule has 2 saturated heterocycles. The van der Waals surface area contributed by atoms with Crippen molar-refractivity contribution in [1.82, 2.24) is 15.3 Å². The topological polar surface area (TPSA) is 70.2 Å². The van der Waals surface area contributed by atoms with E-state index in [4.69, 9.17) is 4.74 Å². The van der Waals surface area contributed by atoms with Gasteiger partial charge < -0.3 is 15.0 Å². The number of H-pyrrole nitrogens is 1. The van der Waals surface area contributed by atoms with Gasteiger partial charge in [-0.3, -0.25) is 9.78 Å². The van der Waals surface area contributed by atoms with Gasteiger partial charge >= 0.3 is 0 Å². The van der Waals surface area contributed by atoms with Crippen molar-refractivity contribution in [3.63, 3.8) is 0 Å². The van der Waals surface area contributed by atoms with E-state index in [0.29, 0.717) is 35.2 Å². The molecule has 1 aromatic carbocycles. The van der Waals surface area contributed by atoms with Crippen molar-refractivity contribution >= 4 is 29.3 Å². The standard InChI is InChI=1S/C21H27FN4O2.ClH/c22-16-9-15(28-11-14-3-1-2-4-14)10-17-18(16)19(27)25-20(24-17)26-12-21(13-26)5-7-23-8-6-21;/h9-10,14,23H,1-8,11-13H2,(H,24,25,27);1H. The molecule has 1 saturated carbocycles. The van der Waals surface area contributed by atoms with Crippen molar-refractivity contribution in [2.45, 2.75) is 38.5 Å². The van der Waals surface area contributed by atoms with Gasteiger partial charge in [0.05, 0.1) is 12.1 Å². The van der Waals surface area contributed by atoms with Crippen LogP contribution < -0.4 is 20.5 Å². The number of nitrogens with zero attached hydrogens (tertiary/aromatic N) is 2. The largest absolute Gasteiger partial charge is 0.493 e. The first-order valence-electron chi connectivity index (χ1n) is 10.4. The van der Waals surface area contributed by atoms with Gasteiger partial charge in [0.25, 0.3) is 5.56 Å². The van der Waals surface area contributed by atoms with Gasteiger partial charge in [0.2, 0.25) is 5.95 Å². The molecule has 0 radical (unpaired) electrons. The first-order valence-corrected chi connectivity index (χ1v) is 10.4. The van der Waals surface area contributed by atoms with Crippen LogP contribution in [0, 0.1) is 17.2 Å². The molecule has 3 fully saturated rings. The van der Waals surface area contributed by atoms with Crippen molar-refractivity contribution < 1.29 is 9.13 Å². The molecule has 0 atom stereocenters. The second-order valence-corrected chi connectivity index (χ2v) is 8.76. The molecular weight excluding hydrogens is 395 g/mol. The Balaban J connectivity index is 0.00000205. The van der Waals surface area contributed by atoms with Gasteiger partial charge in [-0.15, -0.1) is 12.4 Å². The molecule has 0 amide bonds. The highest BCUT2D eigenvalue weighted by atomic mass is 35.5. The maximum Gasteiger partial charge on any atom is 0.263 e. The lowest BCUT2D eigenvalue weighted by atomic mass is 9.72. The van der Waals surface area contributed by atoms with Gasteiger partial charge in [0.1, 0.15) is 17.0 Å². The molecule has 158 valence electrons. The summed E-state index contributed by atoms with van der Waals surface area (Å²) in [4.78, 5) is 21.9. The Morgan fingerprint density at radius 1 is 1.21 bits per heavy atom. The predicted octanol–water partition coefficient (Wildman–Crippen LogP) is 3.24. The summed E-state index contributed by atoms with van der Waals surface area (Å²) in [6.07, 6.45) is 7.13. The molecule has 1 spiro atoms. The molecule has 1 aliphatic carbocycles. The third-order valence-corrected chi connectivity index (χ3v) is 6.70. The van der Waals surface area contributed by atoms with Crippen LogP contribution >= 0.6 is 12.4 Å². The quantitative estimate of drug-likeness (QED) is 0.791. The van der Waals surface area contributed by atoms with Crippen molar-refractivity contribution in [3.8, 4) is 5.75 Å². The number of anilines is 1. The molecule has 2 N–H and O–H groups in total. The molecule has 5 rings (SSSR count). The number of hydrogen-bond acceptors (Lipinski definition) is 5. The Hall–Kier alpha value is -1.86. The van der Waals surface area contributed by atoms with E-state index in [2.05, 4.69) is 20.2 Å². The molecule has 1 aromatic heterocycles. The number of fused-ring (bicyclic) bond motifs is 1. The summed E-state index contributed by atoms with van der Waals surface area (Å²) >= 11 is 0. The SMILES string of the molecule is Cl.O=c1[nH]c(N2CC3(CCNCC3)C2)nc2cc(OCC3CCCC3)cc(F)c12. The molecule has 2 aliphatic heterocycles. The van der Waals surface area contributed by atoms with Gasteiger partial charge in [-0.25, -0.2) is 9.37 Å². The third-order valence-electron chi connectivity index (χ3n) is 6.70. The Bertz CT molecular complexity index is 930. The van der Waals surface area contributed by atoms with Gasteiger partial charge in [-0.05, 0) is 44.7 Å². The van der Waals surface area contributed by atoms with Gasteiger partial charge in [-0.2, -0.15) is 0 Å². The lowest BCUT2D eigenvalue weighted by molar-refractivity contribution is 0.148. The van der Waals surface area contributed by atoms with Crippen LogP contribution in [0.5, 0.6) is 5.75 Å². The van der Waals surface area contributed by atoms with Crippen LogP contribution in [0.1, 0.15) is 38.5 Å². The Morgan fingerprint density at radius 2 is 1.93 bits per heavy atom. The first kappa shape index (κ1) is 20.4. The van der Waals surface area contributed by atoms with Crippen molar-refractivity contribution in [2.24, 2.45) is 11.3 Å². The third kappa shape index (κ3) is 3.94. The molecule has 3 aliphatic rings. The van der Waals surface area contributed by atoms with Crippen LogP contribution in [0.4, 0.5) is 10.3 Å². The smallest absolute Gasteiger partial charge is 0.263 e. The Labute approximate surface area is 175 Å². The fraction of sp³-hybridized carbons (Fsp3) is 0.619. The lowest BCUT2D eigenvalue weighted by Crippen LogP contribution is -2.60. The number of halogens is 2. The van der Waals surface area contributed by atoms with E-state index >= 15 is 0 Å². The minimum atomic E-state index is -0.572. The summed E-state index contributed by atoms with van der Waals surface area (Å²) in [5, 5.41) is 3.40. The fourth-order valence-electron chi connectivity index (χ4n) is 5.00. The highest BCUT2D eigenvalue weighted by molar-refractivity contribution is 5.85. The van der Waals surface area contributed by atoms with Gasteiger partial charge in [0.15, 0.2) is 0 Å². The van der Waals surface area contributed by atoms with E-state index in [-0.39, 0.29) is 17.8 Å². The van der Waals surface area contributed by atoms with Crippen LogP contribution in [0.25, 0.3) is 10.9 Å². The second kappa shape index (κ2) is 8.11. The molecule has 6 nitrogen and oxygen atoms in total. The normalized spacial score (nSPS) is 21.2. The summed E-state index contributed by atoms with van der Waals surface area (Å²) in [5.41, 5.74) is 0.272. The van der Waals surface area contributed by atoms with E-state index in [1.165, 1.54) is 31.7 Å². The van der Waals surface area contributed by atoms with E-state index in [0.717, 1.165) is 39.0 Å². The summed E-state index contributed by atoms with van der Waals surface area (Å²) in [6.45, 7) is 4.47. The van der Waals surface area contributed by atoms with E-state index in [1.807, 2.05) is 0 Å². The zero-order chi connectivity index (χ0) is 19.1. The fourth-order valence-corrected chi connectivity index (χ4v) is 5.00. The monoisotopic (exact) mass is 422 g/mol. The highest BCUT2D eigenvalue weighted by Crippen LogP contribution is 2.40. The van der Waals surface area contributed by atoms with E-state index in [9.17, 15) is 9.18 Å². The van der Waals surface area contributed by atoms with E-state index < -0.39 is 11.4 Å². The maximum atomic E-state index is 14.6. The van der Waals surface area contributed by atoms with Gasteiger partial charge in [-0.1, -0.05) is 12.8 Å². The molecule has 8 heteroatoms. The first-order chi connectivity index (χ1) is 13.6. The zero-order valence-electron chi connectivity index (χ0n) is 16.5. The maximum absolute atomic E-state index is 14.6. The van der Waals surface area contributed by atoms with Crippen molar-refractivity contribution in [3.05, 3.63) is 28.3 Å². The number of aromatic nitrogens is 2. The van der Waals surface area contributed by atoms with Crippen LogP contribution in [0.2, 0.25) is 0 Å². The minimum absolute atomic E-state index is 0. The van der Waals surface area contributed by atoms with Crippen molar-refractivity contribution in [2.75, 3.05) is 37.7 Å². The number of nitrogens with one attached hydrogen (secondary N) is 2. The van der Waals surface area contributed by atoms with E-state index in [1.54, 1.807) is 6.07 Å². The Morgan fingerprint density at radius 3 is 2.66 bits per heavy atom. The van der Waals surface area contributed by atoms with Crippen LogP contribution in [-0.2, 0) is 0 Å². The number of rotatable bonds is 4. The highest BCUT2D eigenvalue weighted by Gasteiger charge is 2.44. The summed E-state index contributed by atoms with van der Waals surface area (Å²) in [7, 11) is 0. The molecule has 0 bridgehead atoms. The summed E-state index contributed by atoms with van der Waals surface area (Å²) in [5.74, 6) is 0.967. The number of hydrogen-bond donors (Lipinski definition) is 2.